The van der Waals surface area contributed by atoms with E-state index < -0.39 is 5.97 Å². The predicted molar refractivity (Wildman–Crippen MR) is 81.1 cm³/mol. The standard InChI is InChI=1S/C12H13BrN2O2S2/c1-2-9-4-14-12(19-7-11(16)17)15(9)5-10-3-8(13)6-18-10/h3-4,6H,2,5,7H2,1H3,(H,16,17). The molecule has 2 aromatic rings. The molecule has 0 saturated carbocycles. The number of hydrogen-bond acceptors (Lipinski definition) is 4. The maximum absolute atomic E-state index is 10.7. The SMILES string of the molecule is CCc1cnc(SCC(=O)O)n1Cc1cc(Br)cs1. The van der Waals surface area contributed by atoms with E-state index in [1.165, 1.54) is 16.6 Å². The van der Waals surface area contributed by atoms with E-state index in [1.807, 2.05) is 11.6 Å². The molecular formula is C12H13BrN2O2S2. The molecule has 1 N–H and O–H groups in total. The van der Waals surface area contributed by atoms with Crippen molar-refractivity contribution in [3.05, 3.63) is 32.7 Å². The van der Waals surface area contributed by atoms with E-state index in [1.54, 1.807) is 11.3 Å². The van der Waals surface area contributed by atoms with Crippen LogP contribution in [0.15, 0.2) is 27.3 Å². The van der Waals surface area contributed by atoms with Crippen molar-refractivity contribution in [1.29, 1.82) is 0 Å². The number of carbonyl (C=O) groups is 1. The molecule has 2 heterocycles. The molecule has 19 heavy (non-hydrogen) atoms. The molecule has 102 valence electrons. The Bertz CT molecular complexity index is 580. The van der Waals surface area contributed by atoms with Crippen LogP contribution in [0.5, 0.6) is 0 Å². The van der Waals surface area contributed by atoms with E-state index >= 15 is 0 Å². The maximum atomic E-state index is 10.7. The number of rotatable bonds is 6. The third kappa shape index (κ3) is 3.84. The Morgan fingerprint density at radius 1 is 1.63 bits per heavy atom. The molecular weight excluding hydrogens is 348 g/mol. The summed E-state index contributed by atoms with van der Waals surface area (Å²) in [5.74, 6) is -0.787. The molecule has 7 heteroatoms. The van der Waals surface area contributed by atoms with Gasteiger partial charge in [0.05, 0.1) is 12.3 Å². The molecule has 0 saturated heterocycles. The van der Waals surface area contributed by atoms with Crippen LogP contribution in [-0.4, -0.2) is 26.4 Å². The third-order valence-electron chi connectivity index (χ3n) is 2.52. The molecule has 0 amide bonds. The number of halogens is 1. The monoisotopic (exact) mass is 360 g/mol. The average Bonchev–Trinajstić information content (AvgIpc) is 2.94. The number of carboxylic acid groups (broad SMARTS) is 1. The number of aliphatic carboxylic acids is 1. The number of hydrogen-bond donors (Lipinski definition) is 1. The summed E-state index contributed by atoms with van der Waals surface area (Å²) in [6.45, 7) is 2.81. The fourth-order valence-electron chi connectivity index (χ4n) is 1.68. The maximum Gasteiger partial charge on any atom is 0.313 e. The molecule has 0 spiro atoms. The fourth-order valence-corrected chi connectivity index (χ4v) is 3.83. The minimum absolute atomic E-state index is 0.0360. The van der Waals surface area contributed by atoms with Crippen molar-refractivity contribution < 1.29 is 9.90 Å². The molecule has 0 atom stereocenters. The van der Waals surface area contributed by atoms with Crippen LogP contribution in [0.2, 0.25) is 0 Å². The quantitative estimate of drug-likeness (QED) is 0.801. The molecule has 0 fully saturated rings. The van der Waals surface area contributed by atoms with Crippen LogP contribution in [0, 0.1) is 0 Å². The fraction of sp³-hybridized carbons (Fsp3) is 0.333. The smallest absolute Gasteiger partial charge is 0.313 e. The van der Waals surface area contributed by atoms with Crippen LogP contribution in [-0.2, 0) is 17.8 Å². The zero-order valence-corrected chi connectivity index (χ0v) is 13.5. The lowest BCUT2D eigenvalue weighted by Crippen LogP contribution is -2.06. The highest BCUT2D eigenvalue weighted by atomic mass is 79.9. The van der Waals surface area contributed by atoms with Gasteiger partial charge in [-0.15, -0.1) is 11.3 Å². The second-order valence-corrected chi connectivity index (χ2v) is 6.74. The highest BCUT2D eigenvalue weighted by Gasteiger charge is 2.12. The summed E-state index contributed by atoms with van der Waals surface area (Å²) in [5, 5.41) is 11.6. The van der Waals surface area contributed by atoms with E-state index in [4.69, 9.17) is 5.11 Å². The summed E-state index contributed by atoms with van der Waals surface area (Å²) in [5.41, 5.74) is 1.12. The average molecular weight is 361 g/mol. The van der Waals surface area contributed by atoms with Crippen LogP contribution in [0.4, 0.5) is 0 Å². The molecule has 0 aliphatic rings. The Morgan fingerprint density at radius 3 is 3.00 bits per heavy atom. The topological polar surface area (TPSA) is 55.1 Å². The van der Waals surface area contributed by atoms with Gasteiger partial charge in [-0.1, -0.05) is 18.7 Å². The van der Waals surface area contributed by atoms with E-state index in [2.05, 4.69) is 38.5 Å². The van der Waals surface area contributed by atoms with Crippen molar-refractivity contribution in [2.45, 2.75) is 25.0 Å². The summed E-state index contributed by atoms with van der Waals surface area (Å²) in [6.07, 6.45) is 2.71. The first-order valence-corrected chi connectivity index (χ1v) is 8.38. The first-order chi connectivity index (χ1) is 9.10. The third-order valence-corrected chi connectivity index (χ3v) is 5.18. The van der Waals surface area contributed by atoms with Gasteiger partial charge in [0.2, 0.25) is 0 Å². The summed E-state index contributed by atoms with van der Waals surface area (Å²) in [7, 11) is 0. The first-order valence-electron chi connectivity index (χ1n) is 5.72. The van der Waals surface area contributed by atoms with Gasteiger partial charge in [0, 0.05) is 26.6 Å². The van der Waals surface area contributed by atoms with Gasteiger partial charge in [-0.05, 0) is 28.4 Å². The second kappa shape index (κ2) is 6.58. The van der Waals surface area contributed by atoms with Crippen molar-refractivity contribution in [1.82, 2.24) is 9.55 Å². The Hall–Kier alpha value is -0.790. The van der Waals surface area contributed by atoms with Gasteiger partial charge in [-0.25, -0.2) is 4.98 Å². The lowest BCUT2D eigenvalue weighted by Gasteiger charge is -2.08. The lowest BCUT2D eigenvalue weighted by atomic mass is 10.3. The van der Waals surface area contributed by atoms with Gasteiger partial charge in [0.15, 0.2) is 5.16 Å². The molecule has 0 aromatic carbocycles. The van der Waals surface area contributed by atoms with E-state index in [0.29, 0.717) is 0 Å². The minimum atomic E-state index is -0.823. The number of aryl methyl sites for hydroxylation is 1. The normalized spacial score (nSPS) is 10.8. The molecule has 0 bridgehead atoms. The van der Waals surface area contributed by atoms with Crippen molar-refractivity contribution in [3.8, 4) is 0 Å². The van der Waals surface area contributed by atoms with Gasteiger partial charge in [0.1, 0.15) is 0 Å². The van der Waals surface area contributed by atoms with Gasteiger partial charge in [-0.2, -0.15) is 0 Å². The lowest BCUT2D eigenvalue weighted by molar-refractivity contribution is -0.133. The summed E-state index contributed by atoms with van der Waals surface area (Å²) in [6, 6.07) is 2.08. The van der Waals surface area contributed by atoms with E-state index in [-0.39, 0.29) is 5.75 Å². The Balaban J connectivity index is 2.20. The van der Waals surface area contributed by atoms with Crippen LogP contribution < -0.4 is 0 Å². The number of nitrogens with zero attached hydrogens (tertiary/aromatic N) is 2. The Morgan fingerprint density at radius 2 is 2.42 bits per heavy atom. The van der Waals surface area contributed by atoms with Gasteiger partial charge < -0.3 is 9.67 Å². The molecule has 0 aliphatic carbocycles. The van der Waals surface area contributed by atoms with Crippen LogP contribution in [0.3, 0.4) is 0 Å². The molecule has 0 radical (unpaired) electrons. The predicted octanol–water partition coefficient (Wildman–Crippen LogP) is 3.49. The van der Waals surface area contributed by atoms with Gasteiger partial charge in [0.25, 0.3) is 0 Å². The number of imidazole rings is 1. The number of carboxylic acids is 1. The zero-order valence-electron chi connectivity index (χ0n) is 10.3. The minimum Gasteiger partial charge on any atom is -0.481 e. The van der Waals surface area contributed by atoms with Crippen molar-refractivity contribution in [3.63, 3.8) is 0 Å². The highest BCUT2D eigenvalue weighted by Crippen LogP contribution is 2.25. The number of thiophene rings is 1. The zero-order chi connectivity index (χ0) is 13.8. The first kappa shape index (κ1) is 14.6. The van der Waals surface area contributed by atoms with E-state index in [0.717, 1.165) is 28.3 Å². The summed E-state index contributed by atoms with van der Waals surface area (Å²) in [4.78, 5) is 16.2. The van der Waals surface area contributed by atoms with Crippen LogP contribution in [0.1, 0.15) is 17.5 Å². The van der Waals surface area contributed by atoms with E-state index in [9.17, 15) is 4.79 Å². The number of aromatic nitrogens is 2. The van der Waals surface area contributed by atoms with Gasteiger partial charge in [-0.3, -0.25) is 4.79 Å². The van der Waals surface area contributed by atoms with Crippen molar-refractivity contribution >= 4 is 45.0 Å². The van der Waals surface area contributed by atoms with Crippen molar-refractivity contribution in [2.24, 2.45) is 0 Å². The number of thioether (sulfide) groups is 1. The molecule has 4 nitrogen and oxygen atoms in total. The summed E-state index contributed by atoms with van der Waals surface area (Å²) >= 11 is 6.38. The van der Waals surface area contributed by atoms with Crippen molar-refractivity contribution in [2.75, 3.05) is 5.75 Å². The Kier molecular flexibility index (Phi) is 5.06. The largest absolute Gasteiger partial charge is 0.481 e. The molecule has 2 rings (SSSR count). The second-order valence-electron chi connectivity index (χ2n) is 3.89. The van der Waals surface area contributed by atoms with Crippen LogP contribution >= 0.6 is 39.0 Å². The Labute approximate surface area is 128 Å². The molecule has 0 unspecified atom stereocenters. The van der Waals surface area contributed by atoms with Crippen LogP contribution in [0.25, 0.3) is 0 Å². The van der Waals surface area contributed by atoms with Gasteiger partial charge >= 0.3 is 5.97 Å². The summed E-state index contributed by atoms with van der Waals surface area (Å²) < 4.78 is 3.16. The molecule has 2 aromatic heterocycles. The highest BCUT2D eigenvalue weighted by molar-refractivity contribution is 9.10. The molecule has 0 aliphatic heterocycles.